The monoisotopic (exact) mass is 454 g/mol. The van der Waals surface area contributed by atoms with E-state index in [0.717, 1.165) is 27.6 Å². The van der Waals surface area contributed by atoms with Crippen molar-refractivity contribution in [3.05, 3.63) is 95.7 Å². The third-order valence-electron chi connectivity index (χ3n) is 6.29. The number of nitrogens with one attached hydrogen (secondary N) is 1. The largest absolute Gasteiger partial charge is 0.480 e. The maximum Gasteiger partial charge on any atom is 0.407 e. The summed E-state index contributed by atoms with van der Waals surface area (Å²) in [5.74, 6) is -1.30. The summed E-state index contributed by atoms with van der Waals surface area (Å²) in [6.07, 6.45) is 1.47. The number of aromatic nitrogens is 1. The van der Waals surface area contributed by atoms with Gasteiger partial charge in [0.2, 0.25) is 6.41 Å². The molecule has 0 aliphatic heterocycles. The molecule has 0 saturated carbocycles. The summed E-state index contributed by atoms with van der Waals surface area (Å²) in [4.78, 5) is 35.9. The zero-order chi connectivity index (χ0) is 23.7. The average Bonchev–Trinajstić information content (AvgIpc) is 3.38. The molecule has 0 unspecified atom stereocenters. The van der Waals surface area contributed by atoms with Gasteiger partial charge in [-0.15, -0.1) is 0 Å². The normalized spacial score (nSPS) is 13.2. The Bertz CT molecular complexity index is 1360. The van der Waals surface area contributed by atoms with Crippen LogP contribution in [0.5, 0.6) is 0 Å². The third-order valence-corrected chi connectivity index (χ3v) is 6.29. The van der Waals surface area contributed by atoms with Gasteiger partial charge in [-0.05, 0) is 33.9 Å². The second-order valence-electron chi connectivity index (χ2n) is 8.25. The second kappa shape index (κ2) is 8.86. The van der Waals surface area contributed by atoms with E-state index in [1.165, 1.54) is 4.57 Å². The summed E-state index contributed by atoms with van der Waals surface area (Å²) >= 11 is 0. The summed E-state index contributed by atoms with van der Waals surface area (Å²) in [6.45, 7) is 0.0939. The summed E-state index contributed by atoms with van der Waals surface area (Å²) in [6, 6.07) is 22.0. The van der Waals surface area contributed by atoms with E-state index in [0.29, 0.717) is 17.5 Å². The molecule has 1 amide bonds. The SMILES string of the molecule is O=Cn1cc(C[C@@H](NC(=O)OCC2c3ccccc3-c3ccccc32)C(=O)O)c2ccccc21. The Hall–Kier alpha value is -4.39. The maximum absolute atomic E-state index is 12.6. The molecule has 0 spiro atoms. The van der Waals surface area contributed by atoms with Crippen molar-refractivity contribution in [1.29, 1.82) is 0 Å². The van der Waals surface area contributed by atoms with E-state index in [2.05, 4.69) is 5.32 Å². The highest BCUT2D eigenvalue weighted by Crippen LogP contribution is 2.44. The lowest BCUT2D eigenvalue weighted by Crippen LogP contribution is -2.42. The van der Waals surface area contributed by atoms with Crippen molar-refractivity contribution in [2.45, 2.75) is 18.4 Å². The maximum atomic E-state index is 12.6. The van der Waals surface area contributed by atoms with Crippen LogP contribution >= 0.6 is 0 Å². The number of ether oxygens (including phenoxy) is 1. The summed E-state index contributed by atoms with van der Waals surface area (Å²) < 4.78 is 6.90. The van der Waals surface area contributed by atoms with Crippen molar-refractivity contribution < 1.29 is 24.2 Å². The molecule has 3 aromatic carbocycles. The van der Waals surface area contributed by atoms with Gasteiger partial charge in [-0.3, -0.25) is 9.36 Å². The first kappa shape index (κ1) is 21.5. The Morgan fingerprint density at radius 2 is 1.59 bits per heavy atom. The van der Waals surface area contributed by atoms with E-state index in [1.807, 2.05) is 60.7 Å². The van der Waals surface area contributed by atoms with Crippen LogP contribution < -0.4 is 5.32 Å². The molecule has 0 bridgehead atoms. The van der Waals surface area contributed by atoms with Gasteiger partial charge in [-0.2, -0.15) is 0 Å². The van der Waals surface area contributed by atoms with E-state index in [4.69, 9.17) is 4.74 Å². The van der Waals surface area contributed by atoms with Gasteiger partial charge in [-0.1, -0.05) is 66.7 Å². The molecular weight excluding hydrogens is 432 g/mol. The van der Waals surface area contributed by atoms with Crippen LogP contribution in [0.4, 0.5) is 4.79 Å². The zero-order valence-corrected chi connectivity index (χ0v) is 18.2. The number of hydrogen-bond acceptors (Lipinski definition) is 4. The van der Waals surface area contributed by atoms with Crippen molar-refractivity contribution in [2.24, 2.45) is 0 Å². The molecule has 1 atom stereocenters. The lowest BCUT2D eigenvalue weighted by Gasteiger charge is -2.17. The smallest absolute Gasteiger partial charge is 0.407 e. The summed E-state index contributed by atoms with van der Waals surface area (Å²) in [7, 11) is 0. The van der Waals surface area contributed by atoms with Crippen LogP contribution in [0.15, 0.2) is 79.0 Å². The van der Waals surface area contributed by atoms with Crippen molar-refractivity contribution in [3.63, 3.8) is 0 Å². The summed E-state index contributed by atoms with van der Waals surface area (Å²) in [5.41, 5.74) is 5.71. The number of hydrogen-bond donors (Lipinski definition) is 2. The Balaban J connectivity index is 1.30. The van der Waals surface area contributed by atoms with E-state index in [1.54, 1.807) is 18.3 Å². The Morgan fingerprint density at radius 3 is 2.24 bits per heavy atom. The van der Waals surface area contributed by atoms with E-state index in [9.17, 15) is 19.5 Å². The number of amides is 1. The van der Waals surface area contributed by atoms with Crippen LogP contribution in [0.25, 0.3) is 22.0 Å². The fourth-order valence-corrected chi connectivity index (χ4v) is 4.73. The van der Waals surface area contributed by atoms with Crippen molar-refractivity contribution in [1.82, 2.24) is 9.88 Å². The fraction of sp³-hybridized carbons (Fsp3) is 0.148. The number of nitrogens with zero attached hydrogens (tertiary/aromatic N) is 1. The predicted molar refractivity (Wildman–Crippen MR) is 127 cm³/mol. The van der Waals surface area contributed by atoms with E-state index in [-0.39, 0.29) is 18.9 Å². The van der Waals surface area contributed by atoms with Crippen LogP contribution in [0, 0.1) is 0 Å². The number of aliphatic carboxylic acids is 1. The lowest BCUT2D eigenvalue weighted by atomic mass is 9.98. The number of benzene rings is 3. The van der Waals surface area contributed by atoms with Crippen molar-refractivity contribution in [2.75, 3.05) is 6.61 Å². The van der Waals surface area contributed by atoms with Gasteiger partial charge in [0.1, 0.15) is 12.6 Å². The van der Waals surface area contributed by atoms with E-state index >= 15 is 0 Å². The molecule has 4 aromatic rings. The van der Waals surface area contributed by atoms with Crippen LogP contribution in [0.1, 0.15) is 22.6 Å². The zero-order valence-electron chi connectivity index (χ0n) is 18.2. The standard InChI is InChI=1S/C27H22N2O5/c30-16-29-14-17(18-7-5-6-12-25(18)29)13-24(26(31)32)28-27(33)34-15-23-21-10-3-1-8-19(21)20-9-2-4-11-22(20)23/h1-12,14,16,23-24H,13,15H2,(H,28,33)(H,31,32)/t24-/m1/s1. The Morgan fingerprint density at radius 1 is 0.971 bits per heavy atom. The Kier molecular flexibility index (Phi) is 5.59. The molecule has 0 radical (unpaired) electrons. The number of para-hydroxylation sites is 1. The van der Waals surface area contributed by atoms with Gasteiger partial charge in [0, 0.05) is 23.9 Å². The molecular formula is C27H22N2O5. The van der Waals surface area contributed by atoms with Crippen molar-refractivity contribution in [3.8, 4) is 11.1 Å². The predicted octanol–water partition coefficient (Wildman–Crippen LogP) is 4.21. The molecule has 0 fully saturated rings. The first-order chi connectivity index (χ1) is 16.6. The van der Waals surface area contributed by atoms with Crippen LogP contribution in [0.2, 0.25) is 0 Å². The number of carboxylic acids is 1. The number of carbonyl (C=O) groups excluding carboxylic acids is 2. The molecule has 170 valence electrons. The number of alkyl carbamates (subject to hydrolysis) is 1. The molecule has 0 saturated heterocycles. The van der Waals surface area contributed by atoms with Crippen LogP contribution in [-0.2, 0) is 20.7 Å². The third kappa shape index (κ3) is 3.81. The second-order valence-corrected chi connectivity index (χ2v) is 8.25. The molecule has 1 heterocycles. The van der Waals surface area contributed by atoms with Gasteiger partial charge in [0.15, 0.2) is 0 Å². The minimum Gasteiger partial charge on any atom is -0.480 e. The lowest BCUT2D eigenvalue weighted by molar-refractivity contribution is -0.139. The molecule has 1 aromatic heterocycles. The average molecular weight is 454 g/mol. The highest BCUT2D eigenvalue weighted by Gasteiger charge is 2.30. The number of fused-ring (bicyclic) bond motifs is 4. The molecule has 7 heteroatoms. The molecule has 7 nitrogen and oxygen atoms in total. The Labute approximate surface area is 195 Å². The highest BCUT2D eigenvalue weighted by molar-refractivity contribution is 5.89. The topological polar surface area (TPSA) is 97.6 Å². The minimum absolute atomic E-state index is 0.0148. The van der Waals surface area contributed by atoms with Gasteiger partial charge >= 0.3 is 12.1 Å². The van der Waals surface area contributed by atoms with Crippen LogP contribution in [0.3, 0.4) is 0 Å². The minimum atomic E-state index is -1.21. The fourth-order valence-electron chi connectivity index (χ4n) is 4.73. The quantitative estimate of drug-likeness (QED) is 0.408. The number of rotatable bonds is 7. The van der Waals surface area contributed by atoms with Gasteiger partial charge < -0.3 is 15.2 Å². The molecule has 1 aliphatic rings. The van der Waals surface area contributed by atoms with Gasteiger partial charge in [0.25, 0.3) is 0 Å². The van der Waals surface area contributed by atoms with Gasteiger partial charge in [-0.25, -0.2) is 9.59 Å². The first-order valence-electron chi connectivity index (χ1n) is 10.9. The van der Waals surface area contributed by atoms with E-state index < -0.39 is 18.1 Å². The number of carboxylic acid groups (broad SMARTS) is 1. The summed E-state index contributed by atoms with van der Waals surface area (Å²) in [5, 5.41) is 12.9. The highest BCUT2D eigenvalue weighted by atomic mass is 16.5. The van der Waals surface area contributed by atoms with Crippen LogP contribution in [-0.4, -0.2) is 40.8 Å². The molecule has 1 aliphatic carbocycles. The molecule has 34 heavy (non-hydrogen) atoms. The first-order valence-corrected chi connectivity index (χ1v) is 10.9. The van der Waals surface area contributed by atoms with Crippen molar-refractivity contribution >= 4 is 29.4 Å². The molecule has 5 rings (SSSR count). The number of carbonyl (C=O) groups is 3. The molecule has 2 N–H and O–H groups in total. The van der Waals surface area contributed by atoms with Gasteiger partial charge in [0.05, 0.1) is 5.52 Å².